The maximum absolute atomic E-state index is 10.8. The first-order chi connectivity index (χ1) is 14.7. The second-order valence-corrected chi connectivity index (χ2v) is 8.70. The van der Waals surface area contributed by atoms with E-state index < -0.39 is 4.92 Å². The van der Waals surface area contributed by atoms with Crippen LogP contribution in [-0.2, 0) is 6.42 Å². The van der Waals surface area contributed by atoms with Crippen LogP contribution in [0.3, 0.4) is 0 Å². The summed E-state index contributed by atoms with van der Waals surface area (Å²) in [4.78, 5) is 10.4. The van der Waals surface area contributed by atoms with Crippen molar-refractivity contribution < 1.29 is 9.34 Å². The van der Waals surface area contributed by atoms with E-state index >= 15 is 0 Å². The molecule has 31 heavy (non-hydrogen) atoms. The van der Waals surface area contributed by atoms with Gasteiger partial charge in [0, 0.05) is 23.7 Å². The van der Waals surface area contributed by atoms with Gasteiger partial charge in [0.25, 0.3) is 5.69 Å². The summed E-state index contributed by atoms with van der Waals surface area (Å²) in [7, 11) is 0. The van der Waals surface area contributed by atoms with Gasteiger partial charge in [-0.15, -0.1) is 10.2 Å². The molecule has 0 bridgehead atoms. The zero-order valence-electron chi connectivity index (χ0n) is 18.7. The Bertz CT molecular complexity index is 994. The SMILES string of the molecule is CC(C)Cc1ccc([C@@H](N[C@@H](C)c2nnc(-c3ccc([N+](=O)[O-])cc3)o2)C(C)C)cc1. The zero-order valence-corrected chi connectivity index (χ0v) is 18.7. The summed E-state index contributed by atoms with van der Waals surface area (Å²) in [5.74, 6) is 1.83. The van der Waals surface area contributed by atoms with Crippen LogP contribution in [0.2, 0.25) is 0 Å². The number of nitrogens with zero attached hydrogens (tertiary/aromatic N) is 3. The highest BCUT2D eigenvalue weighted by molar-refractivity contribution is 5.55. The number of nitrogens with one attached hydrogen (secondary N) is 1. The lowest BCUT2D eigenvalue weighted by Gasteiger charge is -2.26. The van der Waals surface area contributed by atoms with Gasteiger partial charge in [-0.3, -0.25) is 15.4 Å². The summed E-state index contributed by atoms with van der Waals surface area (Å²) < 4.78 is 5.86. The third-order valence-corrected chi connectivity index (χ3v) is 5.22. The van der Waals surface area contributed by atoms with E-state index in [0.29, 0.717) is 29.2 Å². The summed E-state index contributed by atoms with van der Waals surface area (Å²) in [6, 6.07) is 14.9. The molecule has 0 aliphatic heterocycles. The second kappa shape index (κ2) is 9.83. The first-order valence-corrected chi connectivity index (χ1v) is 10.7. The molecule has 0 radical (unpaired) electrons. The van der Waals surface area contributed by atoms with Gasteiger partial charge in [0.05, 0.1) is 11.0 Å². The first-order valence-electron chi connectivity index (χ1n) is 10.7. The molecule has 0 aliphatic rings. The van der Waals surface area contributed by atoms with E-state index in [1.54, 1.807) is 12.1 Å². The Labute approximate surface area is 183 Å². The highest BCUT2D eigenvalue weighted by atomic mass is 16.6. The van der Waals surface area contributed by atoms with Gasteiger partial charge in [-0.1, -0.05) is 52.0 Å². The molecule has 2 aromatic carbocycles. The molecule has 0 amide bonds. The number of hydrogen-bond donors (Lipinski definition) is 1. The molecular formula is C24H30N4O3. The predicted molar refractivity (Wildman–Crippen MR) is 121 cm³/mol. The number of hydrogen-bond acceptors (Lipinski definition) is 6. The van der Waals surface area contributed by atoms with Crippen molar-refractivity contribution in [3.05, 3.63) is 75.7 Å². The Morgan fingerprint density at radius 1 is 0.968 bits per heavy atom. The van der Waals surface area contributed by atoms with Crippen molar-refractivity contribution in [3.8, 4) is 11.5 Å². The molecule has 1 heterocycles. The molecule has 0 saturated heterocycles. The fourth-order valence-corrected chi connectivity index (χ4v) is 3.60. The minimum absolute atomic E-state index is 0.0257. The highest BCUT2D eigenvalue weighted by Gasteiger charge is 2.22. The molecule has 7 nitrogen and oxygen atoms in total. The lowest BCUT2D eigenvalue weighted by molar-refractivity contribution is -0.384. The molecule has 7 heteroatoms. The summed E-state index contributed by atoms with van der Waals surface area (Å²) >= 11 is 0. The molecule has 0 saturated carbocycles. The third kappa shape index (κ3) is 5.76. The second-order valence-electron chi connectivity index (χ2n) is 8.70. The van der Waals surface area contributed by atoms with E-state index in [2.05, 4.69) is 67.5 Å². The van der Waals surface area contributed by atoms with Crippen molar-refractivity contribution in [1.82, 2.24) is 15.5 Å². The lowest BCUT2D eigenvalue weighted by Crippen LogP contribution is -2.28. The van der Waals surface area contributed by atoms with Gasteiger partial charge in [-0.05, 0) is 48.4 Å². The molecule has 3 aromatic rings. The van der Waals surface area contributed by atoms with Crippen LogP contribution in [-0.4, -0.2) is 15.1 Å². The number of benzene rings is 2. The third-order valence-electron chi connectivity index (χ3n) is 5.22. The molecule has 0 unspecified atom stereocenters. The average molecular weight is 423 g/mol. The zero-order chi connectivity index (χ0) is 22.5. The van der Waals surface area contributed by atoms with Gasteiger partial charge in [0.2, 0.25) is 11.8 Å². The Morgan fingerprint density at radius 3 is 2.16 bits per heavy atom. The van der Waals surface area contributed by atoms with E-state index in [0.717, 1.165) is 6.42 Å². The van der Waals surface area contributed by atoms with E-state index in [4.69, 9.17) is 4.42 Å². The molecular weight excluding hydrogens is 392 g/mol. The van der Waals surface area contributed by atoms with Crippen molar-refractivity contribution in [2.45, 2.75) is 53.1 Å². The minimum atomic E-state index is -0.434. The van der Waals surface area contributed by atoms with Crippen LogP contribution in [0, 0.1) is 22.0 Å². The maximum atomic E-state index is 10.8. The van der Waals surface area contributed by atoms with Gasteiger partial charge in [-0.2, -0.15) is 0 Å². The topological polar surface area (TPSA) is 94.1 Å². The number of rotatable bonds is 9. The Balaban J connectivity index is 1.72. The number of nitro groups is 1. The van der Waals surface area contributed by atoms with E-state index in [-0.39, 0.29) is 17.8 Å². The van der Waals surface area contributed by atoms with Crippen LogP contribution < -0.4 is 5.32 Å². The van der Waals surface area contributed by atoms with Crippen molar-refractivity contribution in [2.75, 3.05) is 0 Å². The van der Waals surface area contributed by atoms with E-state index in [9.17, 15) is 10.1 Å². The minimum Gasteiger partial charge on any atom is -0.419 e. The van der Waals surface area contributed by atoms with Gasteiger partial charge < -0.3 is 4.42 Å². The fraction of sp³-hybridized carbons (Fsp3) is 0.417. The van der Waals surface area contributed by atoms with Gasteiger partial charge >= 0.3 is 0 Å². The van der Waals surface area contributed by atoms with Crippen molar-refractivity contribution in [3.63, 3.8) is 0 Å². The first kappa shape index (κ1) is 22.6. The quantitative estimate of drug-likeness (QED) is 0.341. The number of non-ortho nitro benzene ring substituents is 1. The Kier molecular flexibility index (Phi) is 7.17. The molecule has 1 N–H and O–H groups in total. The van der Waals surface area contributed by atoms with Gasteiger partial charge in [0.1, 0.15) is 0 Å². The molecule has 3 rings (SSSR count). The van der Waals surface area contributed by atoms with Crippen molar-refractivity contribution in [1.29, 1.82) is 0 Å². The summed E-state index contributed by atoms with van der Waals surface area (Å²) in [5.41, 5.74) is 3.25. The van der Waals surface area contributed by atoms with Crippen LogP contribution in [0.4, 0.5) is 5.69 Å². The largest absolute Gasteiger partial charge is 0.419 e. The maximum Gasteiger partial charge on any atom is 0.269 e. The van der Waals surface area contributed by atoms with Crippen LogP contribution in [0.25, 0.3) is 11.5 Å². The molecule has 164 valence electrons. The van der Waals surface area contributed by atoms with E-state index in [1.165, 1.54) is 23.3 Å². The molecule has 0 fully saturated rings. The molecule has 0 aliphatic carbocycles. The molecule has 1 aromatic heterocycles. The van der Waals surface area contributed by atoms with E-state index in [1.807, 2.05) is 6.92 Å². The standard InChI is InChI=1S/C24H30N4O3/c1-15(2)14-18-6-8-19(9-7-18)22(16(3)4)25-17(5)23-26-27-24(31-23)20-10-12-21(13-11-20)28(29)30/h6-13,15-17,22,25H,14H2,1-5H3/t17-,22-/m0/s1. The Morgan fingerprint density at radius 2 is 1.61 bits per heavy atom. The normalized spacial score (nSPS) is 13.5. The highest BCUT2D eigenvalue weighted by Crippen LogP contribution is 2.28. The van der Waals surface area contributed by atoms with Gasteiger partial charge in [-0.25, -0.2) is 0 Å². The van der Waals surface area contributed by atoms with Gasteiger partial charge in [0.15, 0.2) is 0 Å². The average Bonchev–Trinajstić information content (AvgIpc) is 3.22. The molecule has 0 spiro atoms. The summed E-state index contributed by atoms with van der Waals surface area (Å²) in [5, 5.41) is 22.8. The van der Waals surface area contributed by atoms with Crippen molar-refractivity contribution in [2.24, 2.45) is 11.8 Å². The van der Waals surface area contributed by atoms with Crippen LogP contribution in [0.15, 0.2) is 52.9 Å². The lowest BCUT2D eigenvalue weighted by atomic mass is 9.93. The predicted octanol–water partition coefficient (Wildman–Crippen LogP) is 5.89. The summed E-state index contributed by atoms with van der Waals surface area (Å²) in [6.07, 6.45) is 1.07. The fourth-order valence-electron chi connectivity index (χ4n) is 3.60. The number of aromatic nitrogens is 2. The Hall–Kier alpha value is -3.06. The molecule has 2 atom stereocenters. The summed E-state index contributed by atoms with van der Waals surface area (Å²) in [6.45, 7) is 10.8. The van der Waals surface area contributed by atoms with Crippen LogP contribution >= 0.6 is 0 Å². The smallest absolute Gasteiger partial charge is 0.269 e. The van der Waals surface area contributed by atoms with Crippen molar-refractivity contribution >= 4 is 5.69 Å². The monoisotopic (exact) mass is 422 g/mol. The number of nitro benzene ring substituents is 1. The van der Waals surface area contributed by atoms with Crippen LogP contribution in [0.1, 0.15) is 63.7 Å². The van der Waals surface area contributed by atoms with Crippen LogP contribution in [0.5, 0.6) is 0 Å².